The van der Waals surface area contributed by atoms with Gasteiger partial charge in [0.1, 0.15) is 0 Å². The maximum Gasteiger partial charge on any atom is 0.229 e. The summed E-state index contributed by atoms with van der Waals surface area (Å²) in [4.78, 5) is 4.26. The number of rotatable bonds is 6. The first-order valence-electron chi connectivity index (χ1n) is 6.47. The largest absolute Gasteiger partial charge is 0.493 e. The van der Waals surface area contributed by atoms with E-state index >= 15 is 0 Å². The van der Waals surface area contributed by atoms with E-state index in [4.69, 9.17) is 19.7 Å². The zero-order valence-corrected chi connectivity index (χ0v) is 11.9. The zero-order valence-electron chi connectivity index (χ0n) is 11.9. The van der Waals surface area contributed by atoms with Gasteiger partial charge in [-0.15, -0.1) is 0 Å². The molecule has 0 aliphatic carbocycles. The summed E-state index contributed by atoms with van der Waals surface area (Å²) >= 11 is 0. The fourth-order valence-corrected chi connectivity index (χ4v) is 1.74. The van der Waals surface area contributed by atoms with Crippen LogP contribution in [0.4, 0.5) is 0 Å². The number of nitrogens with two attached hydrogens (primary N) is 1. The third-order valence-electron chi connectivity index (χ3n) is 2.82. The van der Waals surface area contributed by atoms with Crippen molar-refractivity contribution in [2.45, 2.75) is 32.9 Å². The van der Waals surface area contributed by atoms with E-state index in [0.717, 1.165) is 5.56 Å². The molecule has 0 unspecified atom stereocenters. The summed E-state index contributed by atoms with van der Waals surface area (Å²) in [5.74, 6) is 2.56. The van der Waals surface area contributed by atoms with Gasteiger partial charge in [0.15, 0.2) is 18.1 Å². The van der Waals surface area contributed by atoms with Crippen molar-refractivity contribution in [1.82, 2.24) is 10.1 Å². The molecule has 0 radical (unpaired) electrons. The lowest BCUT2D eigenvalue weighted by Gasteiger charge is -2.12. The van der Waals surface area contributed by atoms with Crippen molar-refractivity contribution in [3.05, 3.63) is 35.5 Å². The lowest BCUT2D eigenvalue weighted by Crippen LogP contribution is -2.05. The Hall–Kier alpha value is -2.08. The van der Waals surface area contributed by atoms with Crippen molar-refractivity contribution in [3.8, 4) is 11.5 Å². The Labute approximate surface area is 117 Å². The number of hydrogen-bond acceptors (Lipinski definition) is 6. The molecule has 6 nitrogen and oxygen atoms in total. The Kier molecular flexibility index (Phi) is 4.57. The minimum Gasteiger partial charge on any atom is -0.493 e. The standard InChI is InChI=1S/C14H19N3O3/c1-9(2)14-16-12(17-20-14)8-19-13-10(7-15)5-4-6-11(13)18-3/h4-6,9H,7-8,15H2,1-3H3. The Bertz CT molecular complexity index is 544. The molecule has 1 aromatic heterocycles. The number of methoxy groups -OCH3 is 1. The second kappa shape index (κ2) is 6.38. The average Bonchev–Trinajstić information content (AvgIpc) is 2.93. The van der Waals surface area contributed by atoms with E-state index in [1.165, 1.54) is 0 Å². The van der Waals surface area contributed by atoms with Crippen molar-refractivity contribution < 1.29 is 14.0 Å². The predicted molar refractivity (Wildman–Crippen MR) is 73.6 cm³/mol. The molecule has 2 aromatic rings. The summed E-state index contributed by atoms with van der Waals surface area (Å²) in [5.41, 5.74) is 6.57. The quantitative estimate of drug-likeness (QED) is 0.871. The predicted octanol–water partition coefficient (Wildman–Crippen LogP) is 2.24. The van der Waals surface area contributed by atoms with E-state index in [-0.39, 0.29) is 12.5 Å². The summed E-state index contributed by atoms with van der Waals surface area (Å²) in [6.07, 6.45) is 0. The number of nitrogens with zero attached hydrogens (tertiary/aromatic N) is 2. The van der Waals surface area contributed by atoms with Crippen LogP contribution in [0.15, 0.2) is 22.7 Å². The van der Waals surface area contributed by atoms with Gasteiger partial charge in [-0.1, -0.05) is 31.1 Å². The Morgan fingerprint density at radius 3 is 2.75 bits per heavy atom. The van der Waals surface area contributed by atoms with Crippen LogP contribution >= 0.6 is 0 Å². The first-order chi connectivity index (χ1) is 9.65. The van der Waals surface area contributed by atoms with Crippen molar-refractivity contribution in [2.24, 2.45) is 5.73 Å². The monoisotopic (exact) mass is 277 g/mol. The van der Waals surface area contributed by atoms with Crippen LogP contribution in [-0.4, -0.2) is 17.3 Å². The fourth-order valence-electron chi connectivity index (χ4n) is 1.74. The normalized spacial score (nSPS) is 10.8. The topological polar surface area (TPSA) is 83.4 Å². The molecule has 2 rings (SSSR count). The van der Waals surface area contributed by atoms with Gasteiger partial charge in [-0.25, -0.2) is 0 Å². The van der Waals surface area contributed by atoms with E-state index in [9.17, 15) is 0 Å². The van der Waals surface area contributed by atoms with E-state index in [1.807, 2.05) is 32.0 Å². The van der Waals surface area contributed by atoms with Crippen LogP contribution in [0.3, 0.4) is 0 Å². The first-order valence-corrected chi connectivity index (χ1v) is 6.47. The Morgan fingerprint density at radius 2 is 2.15 bits per heavy atom. The fraction of sp³-hybridized carbons (Fsp3) is 0.429. The molecular formula is C14H19N3O3. The third kappa shape index (κ3) is 3.08. The lowest BCUT2D eigenvalue weighted by molar-refractivity contribution is 0.266. The van der Waals surface area contributed by atoms with Crippen molar-refractivity contribution in [1.29, 1.82) is 0 Å². The van der Waals surface area contributed by atoms with Crippen molar-refractivity contribution in [3.63, 3.8) is 0 Å². The number of hydrogen-bond donors (Lipinski definition) is 1. The van der Waals surface area contributed by atoms with Gasteiger partial charge >= 0.3 is 0 Å². The van der Waals surface area contributed by atoms with E-state index < -0.39 is 0 Å². The second-order valence-electron chi connectivity index (χ2n) is 4.64. The summed E-state index contributed by atoms with van der Waals surface area (Å²) in [7, 11) is 1.59. The van der Waals surface area contributed by atoms with Gasteiger partial charge in [0.05, 0.1) is 7.11 Å². The van der Waals surface area contributed by atoms with Crippen LogP contribution in [0.25, 0.3) is 0 Å². The molecule has 2 N–H and O–H groups in total. The minimum absolute atomic E-state index is 0.196. The smallest absolute Gasteiger partial charge is 0.229 e. The summed E-state index contributed by atoms with van der Waals surface area (Å²) in [6, 6.07) is 5.59. The van der Waals surface area contributed by atoms with Gasteiger partial charge in [-0.2, -0.15) is 4.98 Å². The first kappa shape index (κ1) is 14.3. The molecule has 0 atom stereocenters. The minimum atomic E-state index is 0.196. The molecule has 1 aromatic carbocycles. The third-order valence-corrected chi connectivity index (χ3v) is 2.82. The Morgan fingerprint density at radius 1 is 1.35 bits per heavy atom. The second-order valence-corrected chi connectivity index (χ2v) is 4.64. The van der Waals surface area contributed by atoms with Crippen LogP contribution in [0.1, 0.15) is 37.0 Å². The summed E-state index contributed by atoms with van der Waals surface area (Å²) in [5, 5.41) is 3.88. The van der Waals surface area contributed by atoms with Crippen LogP contribution in [0.2, 0.25) is 0 Å². The van der Waals surface area contributed by atoms with Gasteiger partial charge < -0.3 is 19.7 Å². The zero-order chi connectivity index (χ0) is 14.5. The van der Waals surface area contributed by atoms with E-state index in [2.05, 4.69) is 10.1 Å². The summed E-state index contributed by atoms with van der Waals surface area (Å²) in [6.45, 7) is 4.56. The van der Waals surface area contributed by atoms with Crippen molar-refractivity contribution >= 4 is 0 Å². The molecule has 0 saturated heterocycles. The highest BCUT2D eigenvalue weighted by Gasteiger charge is 2.13. The molecule has 0 bridgehead atoms. The van der Waals surface area contributed by atoms with Gasteiger partial charge in [-0.05, 0) is 6.07 Å². The number of aromatic nitrogens is 2. The molecular weight excluding hydrogens is 258 g/mol. The highest BCUT2D eigenvalue weighted by molar-refractivity contribution is 5.46. The van der Waals surface area contributed by atoms with Crippen LogP contribution in [0, 0.1) is 0 Å². The maximum atomic E-state index is 5.74. The number of para-hydroxylation sites is 1. The van der Waals surface area contributed by atoms with Gasteiger partial charge in [-0.3, -0.25) is 0 Å². The molecule has 108 valence electrons. The lowest BCUT2D eigenvalue weighted by atomic mass is 10.2. The Balaban J connectivity index is 2.13. The van der Waals surface area contributed by atoms with Crippen LogP contribution < -0.4 is 15.2 Å². The van der Waals surface area contributed by atoms with Crippen molar-refractivity contribution in [2.75, 3.05) is 7.11 Å². The molecule has 0 amide bonds. The average molecular weight is 277 g/mol. The highest BCUT2D eigenvalue weighted by atomic mass is 16.5. The van der Waals surface area contributed by atoms with Gasteiger partial charge in [0.25, 0.3) is 0 Å². The molecule has 0 aliphatic rings. The van der Waals surface area contributed by atoms with E-state index in [1.54, 1.807) is 7.11 Å². The molecule has 1 heterocycles. The van der Waals surface area contributed by atoms with E-state index in [0.29, 0.717) is 29.8 Å². The molecule has 0 aliphatic heterocycles. The van der Waals surface area contributed by atoms with Gasteiger partial charge in [0.2, 0.25) is 11.7 Å². The molecule has 0 fully saturated rings. The molecule has 6 heteroatoms. The number of benzene rings is 1. The number of ether oxygens (including phenoxy) is 2. The summed E-state index contributed by atoms with van der Waals surface area (Å²) < 4.78 is 16.1. The van der Waals surface area contributed by atoms with Crippen LogP contribution in [0.5, 0.6) is 11.5 Å². The highest BCUT2D eigenvalue weighted by Crippen LogP contribution is 2.31. The molecule has 20 heavy (non-hydrogen) atoms. The molecule has 0 spiro atoms. The SMILES string of the molecule is COc1cccc(CN)c1OCc1noc(C(C)C)n1. The maximum absolute atomic E-state index is 5.74. The van der Waals surface area contributed by atoms with Gasteiger partial charge in [0, 0.05) is 18.0 Å². The van der Waals surface area contributed by atoms with Crippen LogP contribution in [-0.2, 0) is 13.2 Å². The molecule has 0 saturated carbocycles.